The molecule has 0 bridgehead atoms. The monoisotopic (exact) mass is 504 g/mol. The lowest BCUT2D eigenvalue weighted by Gasteiger charge is -2.19. The number of hydrogen-bond acceptors (Lipinski definition) is 4. The third-order valence-corrected chi connectivity index (χ3v) is 8.78. The highest BCUT2D eigenvalue weighted by Gasteiger charge is 2.23. The van der Waals surface area contributed by atoms with Crippen LogP contribution >= 0.6 is 7.60 Å². The molecular weight excluding hydrogens is 443 g/mol. The molecule has 0 aliphatic carbocycles. The van der Waals surface area contributed by atoms with Gasteiger partial charge in [0.1, 0.15) is 0 Å². The Hall–Kier alpha value is 0.110. The van der Waals surface area contributed by atoms with Crippen molar-refractivity contribution in [3.8, 4) is 0 Å². The summed E-state index contributed by atoms with van der Waals surface area (Å²) < 4.78 is 25.1. The molecule has 0 saturated carbocycles. The smallest absolute Gasteiger partial charge is 0.330 e. The first-order valence-electron chi connectivity index (χ1n) is 15.1. The molecule has 2 atom stereocenters. The largest absolute Gasteiger partial charge is 0.393 e. The van der Waals surface area contributed by atoms with Crippen molar-refractivity contribution in [2.45, 2.75) is 168 Å². The fourth-order valence-corrected chi connectivity index (χ4v) is 6.05. The second-order valence-corrected chi connectivity index (χ2v) is 12.4. The molecule has 0 aromatic rings. The molecule has 0 aromatic heterocycles. The van der Waals surface area contributed by atoms with Gasteiger partial charge in [-0.2, -0.15) is 0 Å². The van der Waals surface area contributed by atoms with Gasteiger partial charge in [-0.25, -0.2) is 0 Å². The summed E-state index contributed by atoms with van der Waals surface area (Å²) in [7, 11) is -2.97. The molecular formula is C29H61O4P. The summed E-state index contributed by atoms with van der Waals surface area (Å²) >= 11 is 0. The Labute approximate surface area is 213 Å². The van der Waals surface area contributed by atoms with Crippen LogP contribution in [0, 0.1) is 0 Å². The first-order valence-corrected chi connectivity index (χ1v) is 16.9. The molecule has 0 rings (SSSR count). The van der Waals surface area contributed by atoms with E-state index in [4.69, 9.17) is 9.05 Å². The number of rotatable bonds is 28. The van der Waals surface area contributed by atoms with Gasteiger partial charge in [0, 0.05) is 0 Å². The molecule has 0 amide bonds. The van der Waals surface area contributed by atoms with Crippen LogP contribution in [-0.2, 0) is 13.6 Å². The lowest BCUT2D eigenvalue weighted by atomic mass is 10.1. The Balaban J connectivity index is 4.10. The van der Waals surface area contributed by atoms with Crippen molar-refractivity contribution < 1.29 is 18.7 Å². The van der Waals surface area contributed by atoms with Gasteiger partial charge < -0.3 is 14.2 Å². The van der Waals surface area contributed by atoms with Crippen molar-refractivity contribution in [2.75, 3.05) is 19.4 Å². The average molecular weight is 505 g/mol. The molecule has 0 radical (unpaired) electrons. The molecule has 0 aliphatic heterocycles. The summed E-state index contributed by atoms with van der Waals surface area (Å²) in [6.07, 6.45) is 26.2. The molecule has 0 aromatic carbocycles. The van der Waals surface area contributed by atoms with Gasteiger partial charge in [-0.3, -0.25) is 4.57 Å². The van der Waals surface area contributed by atoms with E-state index in [9.17, 15) is 9.67 Å². The lowest BCUT2D eigenvalue weighted by Crippen LogP contribution is -2.04. The van der Waals surface area contributed by atoms with Crippen LogP contribution in [0.3, 0.4) is 0 Å². The lowest BCUT2D eigenvalue weighted by molar-refractivity contribution is 0.156. The zero-order valence-electron chi connectivity index (χ0n) is 23.4. The van der Waals surface area contributed by atoms with E-state index < -0.39 is 7.60 Å². The Kier molecular flexibility index (Phi) is 26.3. The van der Waals surface area contributed by atoms with Crippen LogP contribution < -0.4 is 0 Å². The highest BCUT2D eigenvalue weighted by Crippen LogP contribution is 2.49. The normalized spacial score (nSPS) is 14.4. The topological polar surface area (TPSA) is 55.8 Å². The highest BCUT2D eigenvalue weighted by atomic mass is 31.2. The van der Waals surface area contributed by atoms with Crippen LogP contribution in [0.15, 0.2) is 0 Å². The van der Waals surface area contributed by atoms with Crippen LogP contribution in [-0.4, -0.2) is 30.6 Å². The molecule has 2 unspecified atom stereocenters. The highest BCUT2D eigenvalue weighted by molar-refractivity contribution is 7.53. The molecule has 0 aliphatic rings. The molecule has 4 nitrogen and oxygen atoms in total. The van der Waals surface area contributed by atoms with E-state index in [2.05, 4.69) is 13.8 Å². The van der Waals surface area contributed by atoms with E-state index in [1.807, 2.05) is 6.92 Å². The van der Waals surface area contributed by atoms with E-state index in [1.165, 1.54) is 77.0 Å². The molecule has 0 fully saturated rings. The summed E-state index contributed by atoms with van der Waals surface area (Å²) in [6, 6.07) is 0. The second-order valence-electron chi connectivity index (χ2n) is 10.2. The number of hydrogen-bond donors (Lipinski definition) is 1. The Morgan fingerprint density at radius 1 is 0.559 bits per heavy atom. The van der Waals surface area contributed by atoms with Gasteiger partial charge in [-0.15, -0.1) is 0 Å². The number of aliphatic hydroxyl groups excluding tert-OH is 1. The van der Waals surface area contributed by atoms with Crippen LogP contribution in [0.25, 0.3) is 0 Å². The van der Waals surface area contributed by atoms with Crippen LogP contribution in [0.2, 0.25) is 0 Å². The molecule has 0 saturated heterocycles. The summed E-state index contributed by atoms with van der Waals surface area (Å²) in [5.41, 5.74) is 0. The molecule has 206 valence electrons. The minimum atomic E-state index is -2.97. The zero-order valence-corrected chi connectivity index (χ0v) is 24.3. The standard InChI is InChI=1S/C29H61O4P/c1-4-7-9-11-13-15-18-22-26-32-34(31,28-24-20-16-14-12-10-8-5-2)33-27-23-19-17-21-25-29(30)6-3/h29-30H,4-28H2,1-3H3. The van der Waals surface area contributed by atoms with Crippen molar-refractivity contribution in [3.05, 3.63) is 0 Å². The molecule has 1 N–H and O–H groups in total. The van der Waals surface area contributed by atoms with Crippen LogP contribution in [0.5, 0.6) is 0 Å². The van der Waals surface area contributed by atoms with Crippen molar-refractivity contribution in [1.29, 1.82) is 0 Å². The minimum absolute atomic E-state index is 0.159. The van der Waals surface area contributed by atoms with Gasteiger partial charge in [0.2, 0.25) is 0 Å². The number of aliphatic hydroxyl groups is 1. The van der Waals surface area contributed by atoms with Gasteiger partial charge in [0.25, 0.3) is 0 Å². The van der Waals surface area contributed by atoms with Crippen LogP contribution in [0.4, 0.5) is 0 Å². The van der Waals surface area contributed by atoms with Crippen molar-refractivity contribution >= 4 is 7.60 Å². The molecule has 5 heteroatoms. The Morgan fingerprint density at radius 2 is 0.941 bits per heavy atom. The van der Waals surface area contributed by atoms with Gasteiger partial charge in [-0.05, 0) is 32.1 Å². The van der Waals surface area contributed by atoms with Crippen molar-refractivity contribution in [2.24, 2.45) is 0 Å². The van der Waals surface area contributed by atoms with Crippen molar-refractivity contribution in [3.63, 3.8) is 0 Å². The predicted molar refractivity (Wildman–Crippen MR) is 149 cm³/mol. The average Bonchev–Trinajstić information content (AvgIpc) is 2.84. The third-order valence-electron chi connectivity index (χ3n) is 6.76. The van der Waals surface area contributed by atoms with E-state index in [0.717, 1.165) is 64.2 Å². The first kappa shape index (κ1) is 34.1. The van der Waals surface area contributed by atoms with E-state index >= 15 is 0 Å². The fourth-order valence-electron chi connectivity index (χ4n) is 4.29. The first-order chi connectivity index (χ1) is 16.6. The van der Waals surface area contributed by atoms with Gasteiger partial charge in [-0.1, -0.05) is 130 Å². The predicted octanol–water partition coefficient (Wildman–Crippen LogP) is 10.2. The van der Waals surface area contributed by atoms with E-state index in [0.29, 0.717) is 19.4 Å². The fraction of sp³-hybridized carbons (Fsp3) is 1.00. The van der Waals surface area contributed by atoms with Crippen LogP contribution in [0.1, 0.15) is 162 Å². The zero-order chi connectivity index (χ0) is 25.2. The number of unbranched alkanes of at least 4 members (excludes halogenated alkanes) is 17. The maximum absolute atomic E-state index is 13.3. The summed E-state index contributed by atoms with van der Waals surface area (Å²) in [6.45, 7) is 7.63. The van der Waals surface area contributed by atoms with Gasteiger partial charge in [0.05, 0.1) is 25.5 Å². The Morgan fingerprint density at radius 3 is 1.38 bits per heavy atom. The van der Waals surface area contributed by atoms with Crippen molar-refractivity contribution in [1.82, 2.24) is 0 Å². The van der Waals surface area contributed by atoms with E-state index in [1.54, 1.807) is 0 Å². The van der Waals surface area contributed by atoms with Gasteiger partial charge >= 0.3 is 7.60 Å². The SMILES string of the molecule is CCCCCCCCCCOP(=O)(CCCCCCCCCC)OCCCCCCC(O)CC. The summed E-state index contributed by atoms with van der Waals surface area (Å²) in [5, 5.41) is 9.65. The minimum Gasteiger partial charge on any atom is -0.393 e. The quantitative estimate of drug-likeness (QED) is 0.0850. The summed E-state index contributed by atoms with van der Waals surface area (Å²) in [5.74, 6) is 0. The van der Waals surface area contributed by atoms with E-state index in [-0.39, 0.29) is 6.10 Å². The molecule has 0 heterocycles. The maximum atomic E-state index is 13.3. The second kappa shape index (κ2) is 26.2. The Bertz CT molecular complexity index is 444. The molecule has 0 spiro atoms. The van der Waals surface area contributed by atoms with Gasteiger partial charge in [0.15, 0.2) is 0 Å². The third kappa shape index (κ3) is 23.8. The summed E-state index contributed by atoms with van der Waals surface area (Å²) in [4.78, 5) is 0. The maximum Gasteiger partial charge on any atom is 0.330 e. The molecule has 34 heavy (non-hydrogen) atoms.